The van der Waals surface area contributed by atoms with E-state index in [1.165, 1.54) is 11.1 Å². The molecule has 0 aliphatic rings. The van der Waals surface area contributed by atoms with Gasteiger partial charge in [-0.2, -0.15) is 0 Å². The van der Waals surface area contributed by atoms with E-state index in [0.29, 0.717) is 12.5 Å². The summed E-state index contributed by atoms with van der Waals surface area (Å²) in [7, 11) is 0. The van der Waals surface area contributed by atoms with Crippen LogP contribution in [0, 0.1) is 5.92 Å². The van der Waals surface area contributed by atoms with Gasteiger partial charge in [-0.3, -0.25) is 0 Å². The predicted octanol–water partition coefficient (Wildman–Crippen LogP) is 3.36. The van der Waals surface area contributed by atoms with Gasteiger partial charge in [-0.15, -0.1) is 0 Å². The molecule has 0 aliphatic heterocycles. The second kappa shape index (κ2) is 13.3. The summed E-state index contributed by atoms with van der Waals surface area (Å²) in [6, 6.07) is 0. The fourth-order valence-corrected chi connectivity index (χ4v) is 2.50. The van der Waals surface area contributed by atoms with E-state index < -0.39 is 6.23 Å². The Morgan fingerprint density at radius 3 is 2.48 bits per heavy atom. The Bertz CT molecular complexity index is 389. The molecule has 0 rings (SSSR count). The number of allylic oxidation sites excluding steroid dienone is 4. The monoisotopic (exact) mass is 324 g/mol. The molecule has 4 nitrogen and oxygen atoms in total. The smallest absolute Gasteiger partial charge is 0.148 e. The lowest BCUT2D eigenvalue weighted by atomic mass is 9.92. The molecule has 2 unspecified atom stereocenters. The van der Waals surface area contributed by atoms with Crippen LogP contribution in [0.1, 0.15) is 47.5 Å². The summed E-state index contributed by atoms with van der Waals surface area (Å²) in [4.78, 5) is 0. The number of nitrogens with one attached hydrogen (secondary N) is 2. The molecular formula is C19H36N2O2. The standard InChI is InChI=1S/C19H36N2O2/c1-7-16(8-2)17(12-15(6)13-20-10-4)18(9-3)21-19(22)14-23-11-5/h7,9,15,19-22H,1,8,10-14H2,2-6H3/b17-16+,18-9+. The van der Waals surface area contributed by atoms with E-state index in [1.807, 2.05) is 26.0 Å². The quantitative estimate of drug-likeness (QED) is 0.359. The normalized spacial score (nSPS) is 15.8. The first-order valence-corrected chi connectivity index (χ1v) is 8.77. The van der Waals surface area contributed by atoms with Gasteiger partial charge in [-0.1, -0.05) is 39.5 Å². The van der Waals surface area contributed by atoms with Crippen molar-refractivity contribution in [1.29, 1.82) is 0 Å². The van der Waals surface area contributed by atoms with Crippen molar-refractivity contribution in [2.75, 3.05) is 26.3 Å². The van der Waals surface area contributed by atoms with Gasteiger partial charge < -0.3 is 20.5 Å². The van der Waals surface area contributed by atoms with Crippen molar-refractivity contribution in [1.82, 2.24) is 10.6 Å². The molecule has 0 bridgehead atoms. The van der Waals surface area contributed by atoms with Gasteiger partial charge in [0.25, 0.3) is 0 Å². The number of rotatable bonds is 13. The van der Waals surface area contributed by atoms with Crippen LogP contribution in [0.4, 0.5) is 0 Å². The third-order valence-electron chi connectivity index (χ3n) is 3.73. The van der Waals surface area contributed by atoms with E-state index in [0.717, 1.165) is 31.6 Å². The molecule has 0 aromatic heterocycles. The van der Waals surface area contributed by atoms with Crippen molar-refractivity contribution >= 4 is 0 Å². The Balaban J connectivity index is 5.16. The Kier molecular flexibility index (Phi) is 12.7. The molecule has 134 valence electrons. The third kappa shape index (κ3) is 8.94. The average Bonchev–Trinajstić information content (AvgIpc) is 2.56. The van der Waals surface area contributed by atoms with Crippen LogP contribution in [0.2, 0.25) is 0 Å². The van der Waals surface area contributed by atoms with E-state index in [-0.39, 0.29) is 6.61 Å². The third-order valence-corrected chi connectivity index (χ3v) is 3.73. The molecular weight excluding hydrogens is 288 g/mol. The topological polar surface area (TPSA) is 53.5 Å². The molecule has 0 aromatic rings. The highest BCUT2D eigenvalue weighted by molar-refractivity contribution is 5.38. The molecule has 4 heteroatoms. The van der Waals surface area contributed by atoms with E-state index in [9.17, 15) is 5.11 Å². The summed E-state index contributed by atoms with van der Waals surface area (Å²) in [6.07, 6.45) is 5.10. The highest BCUT2D eigenvalue weighted by atomic mass is 16.5. The first kappa shape index (κ1) is 21.9. The molecule has 0 radical (unpaired) electrons. The Morgan fingerprint density at radius 2 is 2.00 bits per heavy atom. The molecule has 3 N–H and O–H groups in total. The van der Waals surface area contributed by atoms with E-state index >= 15 is 0 Å². The van der Waals surface area contributed by atoms with E-state index in [1.54, 1.807) is 0 Å². The van der Waals surface area contributed by atoms with Crippen molar-refractivity contribution in [3.63, 3.8) is 0 Å². The Labute approximate surface area is 142 Å². The molecule has 0 saturated carbocycles. The zero-order valence-electron chi connectivity index (χ0n) is 15.6. The van der Waals surface area contributed by atoms with Crippen LogP contribution >= 0.6 is 0 Å². The zero-order valence-corrected chi connectivity index (χ0v) is 15.6. The van der Waals surface area contributed by atoms with Crippen LogP contribution in [0.5, 0.6) is 0 Å². The van der Waals surface area contributed by atoms with Gasteiger partial charge in [0.15, 0.2) is 0 Å². The molecule has 0 fully saturated rings. The maximum atomic E-state index is 10.1. The summed E-state index contributed by atoms with van der Waals surface area (Å²) < 4.78 is 5.28. The molecule has 23 heavy (non-hydrogen) atoms. The van der Waals surface area contributed by atoms with Crippen LogP contribution in [0.15, 0.2) is 35.6 Å². The lowest BCUT2D eigenvalue weighted by Gasteiger charge is -2.23. The summed E-state index contributed by atoms with van der Waals surface area (Å²) in [5.41, 5.74) is 3.42. The van der Waals surface area contributed by atoms with Gasteiger partial charge in [0.2, 0.25) is 0 Å². The SMILES string of the molecule is C=C/C(CC)=C(CC(C)CNCC)\C(=C/C)NC(O)COCC. The van der Waals surface area contributed by atoms with Gasteiger partial charge in [0.05, 0.1) is 6.61 Å². The molecule has 0 heterocycles. The molecule has 0 saturated heterocycles. The van der Waals surface area contributed by atoms with Crippen molar-refractivity contribution in [3.8, 4) is 0 Å². The van der Waals surface area contributed by atoms with Crippen molar-refractivity contribution < 1.29 is 9.84 Å². The maximum Gasteiger partial charge on any atom is 0.148 e. The van der Waals surface area contributed by atoms with Gasteiger partial charge in [-0.05, 0) is 56.8 Å². The van der Waals surface area contributed by atoms with Crippen LogP contribution in [-0.4, -0.2) is 37.6 Å². The van der Waals surface area contributed by atoms with Gasteiger partial charge in [0.1, 0.15) is 6.23 Å². The highest BCUT2D eigenvalue weighted by Crippen LogP contribution is 2.24. The highest BCUT2D eigenvalue weighted by Gasteiger charge is 2.15. The van der Waals surface area contributed by atoms with Crippen LogP contribution in [0.3, 0.4) is 0 Å². The van der Waals surface area contributed by atoms with E-state index in [4.69, 9.17) is 4.74 Å². The number of aliphatic hydroxyl groups is 1. The fraction of sp³-hybridized carbons (Fsp3) is 0.684. The van der Waals surface area contributed by atoms with Crippen molar-refractivity contribution in [2.24, 2.45) is 5.92 Å². The minimum Gasteiger partial charge on any atom is -0.377 e. The van der Waals surface area contributed by atoms with E-state index in [2.05, 4.69) is 38.0 Å². The average molecular weight is 325 g/mol. The largest absolute Gasteiger partial charge is 0.377 e. The summed E-state index contributed by atoms with van der Waals surface area (Å²) in [5.74, 6) is 0.507. The first-order valence-electron chi connectivity index (χ1n) is 8.77. The fourth-order valence-electron chi connectivity index (χ4n) is 2.50. The minimum atomic E-state index is -0.705. The second-order valence-electron chi connectivity index (χ2n) is 5.70. The summed E-state index contributed by atoms with van der Waals surface area (Å²) in [5, 5.41) is 16.7. The number of hydrogen-bond acceptors (Lipinski definition) is 4. The predicted molar refractivity (Wildman–Crippen MR) is 99.2 cm³/mol. The number of hydrogen-bond donors (Lipinski definition) is 3. The molecule has 0 aliphatic carbocycles. The van der Waals surface area contributed by atoms with Gasteiger partial charge in [0, 0.05) is 12.3 Å². The van der Waals surface area contributed by atoms with Crippen molar-refractivity contribution in [3.05, 3.63) is 35.6 Å². The maximum absolute atomic E-state index is 10.1. The van der Waals surface area contributed by atoms with Gasteiger partial charge >= 0.3 is 0 Å². The number of ether oxygens (including phenoxy) is 1. The molecule has 0 amide bonds. The lowest BCUT2D eigenvalue weighted by Crippen LogP contribution is -2.34. The molecule has 2 atom stereocenters. The summed E-state index contributed by atoms with van der Waals surface area (Å²) >= 11 is 0. The second-order valence-corrected chi connectivity index (χ2v) is 5.70. The van der Waals surface area contributed by atoms with Crippen molar-refractivity contribution in [2.45, 2.75) is 53.7 Å². The molecule has 0 aromatic carbocycles. The van der Waals surface area contributed by atoms with Gasteiger partial charge in [-0.25, -0.2) is 0 Å². The Morgan fingerprint density at radius 1 is 1.30 bits per heavy atom. The van der Waals surface area contributed by atoms with Crippen LogP contribution in [0.25, 0.3) is 0 Å². The van der Waals surface area contributed by atoms with Crippen LogP contribution in [-0.2, 0) is 4.74 Å². The summed E-state index contributed by atoms with van der Waals surface area (Å²) in [6.45, 7) is 17.2. The first-order chi connectivity index (χ1) is 11.0. The zero-order chi connectivity index (χ0) is 17.7. The molecule has 0 spiro atoms. The minimum absolute atomic E-state index is 0.281. The number of aliphatic hydroxyl groups excluding tert-OH is 1. The van der Waals surface area contributed by atoms with Crippen LogP contribution < -0.4 is 10.6 Å². The lowest BCUT2D eigenvalue weighted by molar-refractivity contribution is 0.0297. The Hall–Kier alpha value is -1.10.